The third-order valence-corrected chi connectivity index (χ3v) is 5.51. The minimum absolute atomic E-state index is 0.00753. The van der Waals surface area contributed by atoms with Crippen LogP contribution in [0.3, 0.4) is 0 Å². The van der Waals surface area contributed by atoms with Gasteiger partial charge in [0.1, 0.15) is 5.75 Å². The van der Waals surface area contributed by atoms with Gasteiger partial charge in [0.15, 0.2) is 6.61 Å². The van der Waals surface area contributed by atoms with Gasteiger partial charge in [-0.05, 0) is 35.7 Å². The van der Waals surface area contributed by atoms with E-state index >= 15 is 0 Å². The van der Waals surface area contributed by atoms with E-state index in [-0.39, 0.29) is 18.6 Å². The van der Waals surface area contributed by atoms with E-state index in [0.717, 1.165) is 28.5 Å². The SMILES string of the molecule is CCc1ccc([C@H](c2c[nH]c3ccccc23)N(C)C(=O)COc2ccccc2)cc1. The van der Waals surface area contributed by atoms with Gasteiger partial charge in [-0.15, -0.1) is 0 Å². The quantitative estimate of drug-likeness (QED) is 0.456. The number of amides is 1. The number of para-hydroxylation sites is 2. The lowest BCUT2D eigenvalue weighted by Crippen LogP contribution is -2.35. The van der Waals surface area contributed by atoms with Crippen LogP contribution in [0.4, 0.5) is 0 Å². The lowest BCUT2D eigenvalue weighted by molar-refractivity contribution is -0.133. The number of aromatic nitrogens is 1. The minimum atomic E-state index is -0.209. The van der Waals surface area contributed by atoms with Gasteiger partial charge in [-0.3, -0.25) is 4.79 Å². The summed E-state index contributed by atoms with van der Waals surface area (Å²) in [6.07, 6.45) is 2.99. The van der Waals surface area contributed by atoms with Gasteiger partial charge in [0.05, 0.1) is 6.04 Å². The molecule has 0 spiro atoms. The lowest BCUT2D eigenvalue weighted by atomic mass is 9.95. The van der Waals surface area contributed by atoms with E-state index in [4.69, 9.17) is 4.74 Å². The van der Waals surface area contributed by atoms with Crippen LogP contribution in [-0.2, 0) is 11.2 Å². The fourth-order valence-corrected chi connectivity index (χ4v) is 3.78. The van der Waals surface area contributed by atoms with Crippen LogP contribution in [-0.4, -0.2) is 29.4 Å². The molecule has 0 unspecified atom stereocenters. The standard InChI is InChI=1S/C26H26N2O2/c1-3-19-13-15-20(16-14-19)26(23-17-27-24-12-8-7-11-22(23)24)28(2)25(29)18-30-21-9-5-4-6-10-21/h4-17,26-27H,3,18H2,1-2H3/t26-/m1/s1. The molecule has 0 aliphatic carbocycles. The Morgan fingerprint density at radius 1 is 0.967 bits per heavy atom. The number of benzene rings is 3. The van der Waals surface area contributed by atoms with Crippen molar-refractivity contribution in [2.45, 2.75) is 19.4 Å². The summed E-state index contributed by atoms with van der Waals surface area (Å²) in [5.74, 6) is 0.615. The van der Waals surface area contributed by atoms with Crippen molar-refractivity contribution in [1.82, 2.24) is 9.88 Å². The normalized spacial score (nSPS) is 11.9. The molecule has 152 valence electrons. The average molecular weight is 399 g/mol. The summed E-state index contributed by atoms with van der Waals surface area (Å²) in [5.41, 5.74) is 4.49. The molecule has 30 heavy (non-hydrogen) atoms. The van der Waals surface area contributed by atoms with E-state index in [1.54, 1.807) is 4.90 Å². The Balaban J connectivity index is 1.66. The molecule has 0 saturated carbocycles. The Hall–Kier alpha value is -3.53. The second-order valence-electron chi connectivity index (χ2n) is 7.39. The Morgan fingerprint density at radius 2 is 1.67 bits per heavy atom. The Kier molecular flexibility index (Phi) is 5.84. The van der Waals surface area contributed by atoms with Gasteiger partial charge < -0.3 is 14.6 Å². The zero-order chi connectivity index (χ0) is 20.9. The summed E-state index contributed by atoms with van der Waals surface area (Å²) in [6, 6.07) is 25.9. The smallest absolute Gasteiger partial charge is 0.261 e. The molecule has 4 heteroatoms. The number of ether oxygens (including phenoxy) is 1. The first kappa shape index (κ1) is 19.8. The average Bonchev–Trinajstić information content (AvgIpc) is 3.22. The summed E-state index contributed by atoms with van der Waals surface area (Å²) in [5, 5.41) is 1.12. The van der Waals surface area contributed by atoms with Crippen molar-refractivity contribution >= 4 is 16.8 Å². The number of aryl methyl sites for hydroxylation is 1. The number of carbonyl (C=O) groups excluding carboxylic acids is 1. The molecule has 4 rings (SSSR count). The number of hydrogen-bond acceptors (Lipinski definition) is 2. The molecule has 1 amide bonds. The van der Waals surface area contributed by atoms with Crippen LogP contribution in [0.1, 0.15) is 29.7 Å². The predicted octanol–water partition coefficient (Wildman–Crippen LogP) is 5.36. The predicted molar refractivity (Wildman–Crippen MR) is 121 cm³/mol. The Labute approximate surface area is 177 Å². The van der Waals surface area contributed by atoms with E-state index in [1.165, 1.54) is 5.56 Å². The van der Waals surface area contributed by atoms with Crippen LogP contribution in [0.15, 0.2) is 85.1 Å². The molecule has 0 aliphatic rings. The van der Waals surface area contributed by atoms with Gasteiger partial charge in [0.2, 0.25) is 0 Å². The van der Waals surface area contributed by atoms with Crippen LogP contribution in [0.25, 0.3) is 10.9 Å². The van der Waals surface area contributed by atoms with Crippen molar-refractivity contribution in [1.29, 1.82) is 0 Å². The summed E-state index contributed by atoms with van der Waals surface area (Å²) in [6.45, 7) is 2.13. The number of H-pyrrole nitrogens is 1. The molecular formula is C26H26N2O2. The van der Waals surface area contributed by atoms with Crippen molar-refractivity contribution in [2.75, 3.05) is 13.7 Å². The molecule has 1 aromatic heterocycles. The topological polar surface area (TPSA) is 45.3 Å². The van der Waals surface area contributed by atoms with Crippen molar-refractivity contribution < 1.29 is 9.53 Å². The molecule has 1 heterocycles. The number of likely N-dealkylation sites (N-methyl/N-ethyl adjacent to an activating group) is 1. The number of nitrogens with zero attached hydrogens (tertiary/aromatic N) is 1. The maximum absolute atomic E-state index is 13.1. The summed E-state index contributed by atoms with van der Waals surface area (Å²) >= 11 is 0. The maximum atomic E-state index is 13.1. The van der Waals surface area contributed by atoms with Crippen molar-refractivity contribution in [3.63, 3.8) is 0 Å². The first-order valence-corrected chi connectivity index (χ1v) is 10.3. The van der Waals surface area contributed by atoms with Crippen LogP contribution < -0.4 is 4.74 Å². The van der Waals surface area contributed by atoms with Crippen LogP contribution in [0, 0.1) is 0 Å². The molecule has 0 fully saturated rings. The van der Waals surface area contributed by atoms with Gasteiger partial charge in [-0.1, -0.05) is 67.6 Å². The first-order chi connectivity index (χ1) is 14.7. The number of nitrogens with one attached hydrogen (secondary N) is 1. The molecule has 4 nitrogen and oxygen atoms in total. The molecule has 1 N–H and O–H groups in total. The van der Waals surface area contributed by atoms with Crippen LogP contribution in [0.5, 0.6) is 5.75 Å². The number of carbonyl (C=O) groups is 1. The maximum Gasteiger partial charge on any atom is 0.261 e. The van der Waals surface area contributed by atoms with E-state index in [9.17, 15) is 4.79 Å². The molecule has 0 bridgehead atoms. The molecule has 0 radical (unpaired) electrons. The monoisotopic (exact) mass is 398 g/mol. The first-order valence-electron chi connectivity index (χ1n) is 10.3. The van der Waals surface area contributed by atoms with Gasteiger partial charge in [-0.2, -0.15) is 0 Å². The van der Waals surface area contributed by atoms with Crippen molar-refractivity contribution in [3.05, 3.63) is 102 Å². The third-order valence-electron chi connectivity index (χ3n) is 5.51. The number of aromatic amines is 1. The number of fused-ring (bicyclic) bond motifs is 1. The highest BCUT2D eigenvalue weighted by Gasteiger charge is 2.26. The van der Waals surface area contributed by atoms with Gasteiger partial charge in [0, 0.05) is 29.7 Å². The second kappa shape index (κ2) is 8.87. The van der Waals surface area contributed by atoms with E-state index < -0.39 is 0 Å². The Bertz CT molecular complexity index is 1120. The second-order valence-corrected chi connectivity index (χ2v) is 7.39. The third kappa shape index (κ3) is 4.08. The van der Waals surface area contributed by atoms with Crippen LogP contribution in [0.2, 0.25) is 0 Å². The van der Waals surface area contributed by atoms with E-state index in [1.807, 2.05) is 55.7 Å². The number of hydrogen-bond donors (Lipinski definition) is 1. The van der Waals surface area contributed by atoms with Gasteiger partial charge in [-0.25, -0.2) is 0 Å². The molecule has 3 aromatic carbocycles. The van der Waals surface area contributed by atoms with Crippen LogP contribution >= 0.6 is 0 Å². The van der Waals surface area contributed by atoms with Crippen molar-refractivity contribution in [2.24, 2.45) is 0 Å². The number of rotatable bonds is 7. The zero-order valence-corrected chi connectivity index (χ0v) is 17.3. The Morgan fingerprint density at radius 3 is 2.40 bits per heavy atom. The minimum Gasteiger partial charge on any atom is -0.484 e. The highest BCUT2D eigenvalue weighted by molar-refractivity contribution is 5.85. The van der Waals surface area contributed by atoms with Crippen molar-refractivity contribution in [3.8, 4) is 5.75 Å². The zero-order valence-electron chi connectivity index (χ0n) is 17.3. The van der Waals surface area contributed by atoms with E-state index in [0.29, 0.717) is 5.75 Å². The highest BCUT2D eigenvalue weighted by Crippen LogP contribution is 2.33. The largest absolute Gasteiger partial charge is 0.484 e. The molecule has 0 aliphatic heterocycles. The summed E-state index contributed by atoms with van der Waals surface area (Å²) in [4.78, 5) is 18.2. The summed E-state index contributed by atoms with van der Waals surface area (Å²) < 4.78 is 5.72. The lowest BCUT2D eigenvalue weighted by Gasteiger charge is -2.29. The fraction of sp³-hybridized carbons (Fsp3) is 0.192. The van der Waals surface area contributed by atoms with Gasteiger partial charge in [0.25, 0.3) is 5.91 Å². The molecular weight excluding hydrogens is 372 g/mol. The highest BCUT2D eigenvalue weighted by atomic mass is 16.5. The molecule has 0 saturated heterocycles. The summed E-state index contributed by atoms with van der Waals surface area (Å²) in [7, 11) is 1.84. The van der Waals surface area contributed by atoms with E-state index in [2.05, 4.69) is 48.3 Å². The van der Waals surface area contributed by atoms with Gasteiger partial charge >= 0.3 is 0 Å². The molecule has 4 aromatic rings. The molecule has 1 atom stereocenters. The fourth-order valence-electron chi connectivity index (χ4n) is 3.78.